The molecule has 16 heavy (non-hydrogen) atoms. The van der Waals surface area contributed by atoms with Crippen LogP contribution in [0.4, 0.5) is 5.82 Å². The summed E-state index contributed by atoms with van der Waals surface area (Å²) in [5.74, 6) is 0.834. The van der Waals surface area contributed by atoms with Gasteiger partial charge in [-0.2, -0.15) is 0 Å². The maximum atomic E-state index is 9.12. The molecule has 0 unspecified atom stereocenters. The predicted molar refractivity (Wildman–Crippen MR) is 67.9 cm³/mol. The summed E-state index contributed by atoms with van der Waals surface area (Å²) in [6.45, 7) is 6.32. The predicted octanol–water partition coefficient (Wildman–Crippen LogP) is 2.85. The van der Waals surface area contributed by atoms with Crippen molar-refractivity contribution in [3.05, 3.63) is 22.8 Å². The molecule has 0 fully saturated rings. The number of aliphatic hydroxyl groups excluding tert-OH is 1. The Morgan fingerprint density at radius 1 is 1.44 bits per heavy atom. The summed E-state index contributed by atoms with van der Waals surface area (Å²) in [6, 6.07) is 3.65. The zero-order chi connectivity index (χ0) is 12.3. The molecule has 3 nitrogen and oxygen atoms in total. The smallest absolute Gasteiger partial charge is 0.129 e. The van der Waals surface area contributed by atoms with Gasteiger partial charge in [0, 0.05) is 12.6 Å². The van der Waals surface area contributed by atoms with E-state index in [2.05, 4.69) is 30.7 Å². The fraction of sp³-hybridized carbons (Fsp3) is 0.583. The third-order valence-corrected chi connectivity index (χ3v) is 3.51. The van der Waals surface area contributed by atoms with Crippen molar-refractivity contribution < 1.29 is 5.11 Å². The normalized spacial score (nSPS) is 11.6. The minimum Gasteiger partial charge on any atom is -0.390 e. The molecule has 0 aliphatic carbocycles. The molecule has 0 saturated carbocycles. The van der Waals surface area contributed by atoms with Gasteiger partial charge in [0.25, 0.3) is 0 Å². The molecule has 0 saturated heterocycles. The first-order valence-corrected chi connectivity index (χ1v) is 5.80. The molecule has 90 valence electrons. The molecule has 0 bridgehead atoms. The first-order chi connectivity index (χ1) is 7.42. The molecule has 0 aliphatic heterocycles. The highest BCUT2D eigenvalue weighted by atomic mass is 35.5. The number of hydrogen-bond acceptors (Lipinski definition) is 3. The second-order valence-electron chi connectivity index (χ2n) is 4.48. The van der Waals surface area contributed by atoms with E-state index in [1.807, 2.05) is 13.1 Å². The van der Waals surface area contributed by atoms with Crippen molar-refractivity contribution in [2.45, 2.75) is 39.3 Å². The van der Waals surface area contributed by atoms with Crippen LogP contribution in [-0.4, -0.2) is 22.7 Å². The van der Waals surface area contributed by atoms with Gasteiger partial charge in [0.15, 0.2) is 0 Å². The lowest BCUT2D eigenvalue weighted by Crippen LogP contribution is -2.41. The third kappa shape index (κ3) is 2.66. The van der Waals surface area contributed by atoms with Gasteiger partial charge in [-0.25, -0.2) is 4.98 Å². The van der Waals surface area contributed by atoms with Crippen molar-refractivity contribution in [1.29, 1.82) is 0 Å². The van der Waals surface area contributed by atoms with Gasteiger partial charge in [0.1, 0.15) is 5.82 Å². The molecule has 1 heterocycles. The highest BCUT2D eigenvalue weighted by Gasteiger charge is 2.22. The van der Waals surface area contributed by atoms with E-state index >= 15 is 0 Å². The molecular weight excluding hydrogens is 224 g/mol. The zero-order valence-electron chi connectivity index (χ0n) is 10.3. The van der Waals surface area contributed by atoms with Crippen molar-refractivity contribution in [3.8, 4) is 0 Å². The van der Waals surface area contributed by atoms with E-state index in [1.165, 1.54) is 0 Å². The fourth-order valence-electron chi connectivity index (χ4n) is 1.32. The van der Waals surface area contributed by atoms with Crippen molar-refractivity contribution in [2.24, 2.45) is 0 Å². The summed E-state index contributed by atoms with van der Waals surface area (Å²) in [5, 5.41) is 9.63. The van der Waals surface area contributed by atoms with Crippen LogP contribution >= 0.6 is 11.6 Å². The van der Waals surface area contributed by atoms with E-state index in [1.54, 1.807) is 6.07 Å². The van der Waals surface area contributed by atoms with Crippen LogP contribution in [0.15, 0.2) is 12.1 Å². The Morgan fingerprint density at radius 2 is 2.06 bits per heavy atom. The molecule has 1 rings (SSSR count). The zero-order valence-corrected chi connectivity index (χ0v) is 11.0. The van der Waals surface area contributed by atoms with Crippen LogP contribution in [-0.2, 0) is 6.61 Å². The summed E-state index contributed by atoms with van der Waals surface area (Å²) < 4.78 is 0. The van der Waals surface area contributed by atoms with Crippen molar-refractivity contribution in [3.63, 3.8) is 0 Å². The molecule has 0 aliphatic rings. The van der Waals surface area contributed by atoms with Gasteiger partial charge >= 0.3 is 0 Å². The van der Waals surface area contributed by atoms with E-state index in [-0.39, 0.29) is 12.1 Å². The number of pyridine rings is 1. The van der Waals surface area contributed by atoms with Gasteiger partial charge in [-0.05, 0) is 32.4 Å². The van der Waals surface area contributed by atoms with Crippen LogP contribution in [0.25, 0.3) is 0 Å². The maximum absolute atomic E-state index is 9.12. The molecule has 1 aromatic rings. The number of anilines is 1. The van der Waals surface area contributed by atoms with Crippen molar-refractivity contribution in [1.82, 2.24) is 4.98 Å². The van der Waals surface area contributed by atoms with Gasteiger partial charge in [-0.3, -0.25) is 0 Å². The topological polar surface area (TPSA) is 36.4 Å². The average Bonchev–Trinajstić information content (AvgIpc) is 2.28. The largest absolute Gasteiger partial charge is 0.390 e. The summed E-state index contributed by atoms with van der Waals surface area (Å²) in [5.41, 5.74) is 0.561. The maximum Gasteiger partial charge on any atom is 0.129 e. The second kappa shape index (κ2) is 5.02. The molecule has 0 amide bonds. The van der Waals surface area contributed by atoms with Crippen LogP contribution in [0.2, 0.25) is 5.02 Å². The third-order valence-electron chi connectivity index (χ3n) is 3.17. The quantitative estimate of drug-likeness (QED) is 0.882. The van der Waals surface area contributed by atoms with E-state index in [0.717, 1.165) is 12.2 Å². The minimum absolute atomic E-state index is 0.0353. The number of rotatable bonds is 4. The van der Waals surface area contributed by atoms with E-state index < -0.39 is 0 Å². The highest BCUT2D eigenvalue weighted by Crippen LogP contribution is 2.25. The number of aliphatic hydroxyl groups is 1. The molecule has 1 N–H and O–H groups in total. The van der Waals surface area contributed by atoms with Crippen LogP contribution in [0.3, 0.4) is 0 Å². The van der Waals surface area contributed by atoms with E-state index in [9.17, 15) is 0 Å². The number of hydrogen-bond donors (Lipinski definition) is 1. The Morgan fingerprint density at radius 3 is 2.56 bits per heavy atom. The molecule has 0 aromatic carbocycles. The standard InChI is InChI=1S/C12H19ClN2O/c1-5-12(2,3)15(4)11-7-6-9(13)10(8-16)14-11/h6-7,16H,5,8H2,1-4H3. The minimum atomic E-state index is -0.132. The van der Waals surface area contributed by atoms with Gasteiger partial charge in [0.05, 0.1) is 17.3 Å². The molecule has 1 aromatic heterocycles. The SMILES string of the molecule is CCC(C)(C)N(C)c1ccc(Cl)c(CO)n1. The van der Waals surface area contributed by atoms with Crippen molar-refractivity contribution in [2.75, 3.05) is 11.9 Å². The Kier molecular flexibility index (Phi) is 4.16. The highest BCUT2D eigenvalue weighted by molar-refractivity contribution is 6.31. The molecule has 0 spiro atoms. The van der Waals surface area contributed by atoms with Crippen LogP contribution in [0, 0.1) is 0 Å². The lowest BCUT2D eigenvalue weighted by molar-refractivity contribution is 0.277. The average molecular weight is 243 g/mol. The summed E-state index contributed by atoms with van der Waals surface area (Å²) in [4.78, 5) is 6.45. The Hall–Kier alpha value is -0.800. The molecular formula is C12H19ClN2O. The van der Waals surface area contributed by atoms with Gasteiger partial charge in [-0.1, -0.05) is 18.5 Å². The first kappa shape index (κ1) is 13.3. The molecule has 0 atom stereocenters. The lowest BCUT2D eigenvalue weighted by atomic mass is 10.00. The first-order valence-electron chi connectivity index (χ1n) is 5.42. The Bertz CT molecular complexity index is 366. The van der Waals surface area contributed by atoms with Crippen LogP contribution < -0.4 is 4.90 Å². The molecule has 0 radical (unpaired) electrons. The van der Waals surface area contributed by atoms with E-state index in [4.69, 9.17) is 16.7 Å². The Balaban J connectivity index is 3.05. The monoisotopic (exact) mass is 242 g/mol. The van der Waals surface area contributed by atoms with E-state index in [0.29, 0.717) is 10.7 Å². The van der Waals surface area contributed by atoms with Gasteiger partial charge in [-0.15, -0.1) is 0 Å². The second-order valence-corrected chi connectivity index (χ2v) is 4.89. The van der Waals surface area contributed by atoms with Crippen LogP contribution in [0.5, 0.6) is 0 Å². The van der Waals surface area contributed by atoms with Gasteiger partial charge < -0.3 is 10.0 Å². The summed E-state index contributed by atoms with van der Waals surface area (Å²) in [7, 11) is 2.00. The van der Waals surface area contributed by atoms with Crippen molar-refractivity contribution >= 4 is 17.4 Å². The summed E-state index contributed by atoms with van der Waals surface area (Å²) in [6.07, 6.45) is 1.02. The molecule has 4 heteroatoms. The lowest BCUT2D eigenvalue weighted by Gasteiger charge is -2.36. The van der Waals surface area contributed by atoms with Gasteiger partial charge in [0.2, 0.25) is 0 Å². The number of aromatic nitrogens is 1. The Labute approximate surface area is 102 Å². The van der Waals surface area contributed by atoms with Crippen LogP contribution in [0.1, 0.15) is 32.9 Å². The fourth-order valence-corrected chi connectivity index (χ4v) is 1.48. The summed E-state index contributed by atoms with van der Waals surface area (Å²) >= 11 is 5.91. The number of halogens is 1. The number of nitrogens with zero attached hydrogens (tertiary/aromatic N) is 2.